The minimum absolute atomic E-state index is 0.0164. The van der Waals surface area contributed by atoms with Gasteiger partial charge in [-0.25, -0.2) is 4.98 Å². The molecule has 1 fully saturated rings. The molecule has 0 bridgehead atoms. The number of hydrogen-bond acceptors (Lipinski definition) is 5. The summed E-state index contributed by atoms with van der Waals surface area (Å²) in [6.45, 7) is 1.87. The summed E-state index contributed by atoms with van der Waals surface area (Å²) in [5.74, 6) is 1.23. The van der Waals surface area contributed by atoms with Gasteiger partial charge < -0.3 is 15.0 Å². The number of likely N-dealkylation sites (tertiary alicyclic amines) is 1. The third kappa shape index (κ3) is 3.76. The lowest BCUT2D eigenvalue weighted by molar-refractivity contribution is -0.125. The molecule has 0 saturated carbocycles. The van der Waals surface area contributed by atoms with Crippen molar-refractivity contribution < 1.29 is 14.3 Å². The molecule has 2 aromatic rings. The van der Waals surface area contributed by atoms with Crippen molar-refractivity contribution in [1.82, 2.24) is 14.9 Å². The minimum atomic E-state index is -0.208. The number of aromatic nitrogens is 2. The maximum absolute atomic E-state index is 12.7. The molecule has 1 N–H and O–H groups in total. The highest BCUT2D eigenvalue weighted by Crippen LogP contribution is 2.40. The summed E-state index contributed by atoms with van der Waals surface area (Å²) in [5, 5.41) is 2.71. The van der Waals surface area contributed by atoms with Crippen molar-refractivity contribution in [1.29, 1.82) is 0 Å². The van der Waals surface area contributed by atoms with E-state index in [0.717, 1.165) is 30.6 Å². The van der Waals surface area contributed by atoms with Crippen LogP contribution in [0.15, 0.2) is 48.9 Å². The fourth-order valence-electron chi connectivity index (χ4n) is 4.41. The summed E-state index contributed by atoms with van der Waals surface area (Å²) in [7, 11) is 0. The lowest BCUT2D eigenvalue weighted by atomic mass is 9.99. The molecule has 1 saturated heterocycles. The van der Waals surface area contributed by atoms with Gasteiger partial charge in [-0.1, -0.05) is 6.08 Å². The summed E-state index contributed by atoms with van der Waals surface area (Å²) >= 11 is 0. The monoisotopic (exact) mass is 402 g/mol. The molecular weight excluding hydrogens is 380 g/mol. The molecule has 30 heavy (non-hydrogen) atoms. The fraction of sp³-hybridized carbons (Fsp3) is 0.304. The van der Waals surface area contributed by atoms with Crippen molar-refractivity contribution in [2.75, 3.05) is 25.0 Å². The Morgan fingerprint density at radius 2 is 2.10 bits per heavy atom. The summed E-state index contributed by atoms with van der Waals surface area (Å²) < 4.78 is 5.32. The van der Waals surface area contributed by atoms with Gasteiger partial charge in [0, 0.05) is 43.3 Å². The van der Waals surface area contributed by atoms with Crippen molar-refractivity contribution >= 4 is 29.3 Å². The molecule has 2 aromatic heterocycles. The van der Waals surface area contributed by atoms with Gasteiger partial charge in [0.2, 0.25) is 5.91 Å². The number of anilines is 1. The minimum Gasteiger partial charge on any atom is -0.367 e. The standard InChI is InChI=1S/C23H22N4O3/c28-21-14-30-13-20-7-15(10-25-23(20)26-21)1-2-22(29)27-11-18-8-17(9-19(18)12-27)16-3-5-24-6-4-16/h1-8,10,18-19H,9,11-14H2,(H,25,26,28). The fourth-order valence-corrected chi connectivity index (χ4v) is 4.41. The van der Waals surface area contributed by atoms with Crippen LogP contribution in [0.2, 0.25) is 0 Å². The Morgan fingerprint density at radius 3 is 2.93 bits per heavy atom. The molecule has 4 heterocycles. The smallest absolute Gasteiger partial charge is 0.251 e. The van der Waals surface area contributed by atoms with Crippen molar-refractivity contribution in [2.45, 2.75) is 13.0 Å². The predicted octanol–water partition coefficient (Wildman–Crippen LogP) is 2.52. The van der Waals surface area contributed by atoms with Gasteiger partial charge in [0.25, 0.3) is 5.91 Å². The quantitative estimate of drug-likeness (QED) is 0.798. The van der Waals surface area contributed by atoms with Crippen LogP contribution in [-0.4, -0.2) is 46.4 Å². The van der Waals surface area contributed by atoms with Gasteiger partial charge in [-0.15, -0.1) is 0 Å². The van der Waals surface area contributed by atoms with Gasteiger partial charge in [-0.2, -0.15) is 0 Å². The summed E-state index contributed by atoms with van der Waals surface area (Å²) in [5.41, 5.74) is 4.20. The Morgan fingerprint density at radius 1 is 1.23 bits per heavy atom. The van der Waals surface area contributed by atoms with Gasteiger partial charge >= 0.3 is 0 Å². The summed E-state index contributed by atoms with van der Waals surface area (Å²) in [6.07, 6.45) is 12.0. The Bertz CT molecular complexity index is 1050. The van der Waals surface area contributed by atoms with E-state index in [1.807, 2.05) is 35.5 Å². The highest BCUT2D eigenvalue weighted by molar-refractivity contribution is 5.93. The summed E-state index contributed by atoms with van der Waals surface area (Å²) in [6, 6.07) is 5.98. The van der Waals surface area contributed by atoms with E-state index in [2.05, 4.69) is 21.4 Å². The molecule has 152 valence electrons. The normalized spacial score (nSPS) is 23.0. The lowest BCUT2D eigenvalue weighted by Gasteiger charge is -2.15. The lowest BCUT2D eigenvalue weighted by Crippen LogP contribution is -2.27. The van der Waals surface area contributed by atoms with E-state index < -0.39 is 0 Å². The third-order valence-corrected chi connectivity index (χ3v) is 5.91. The van der Waals surface area contributed by atoms with E-state index in [4.69, 9.17) is 4.74 Å². The number of hydrogen-bond donors (Lipinski definition) is 1. The number of carbonyl (C=O) groups is 2. The van der Waals surface area contributed by atoms with Crippen LogP contribution < -0.4 is 5.32 Å². The zero-order chi connectivity index (χ0) is 20.5. The number of carbonyl (C=O) groups excluding carboxylic acids is 2. The van der Waals surface area contributed by atoms with E-state index >= 15 is 0 Å². The van der Waals surface area contributed by atoms with E-state index in [1.54, 1.807) is 18.3 Å². The van der Waals surface area contributed by atoms with Crippen LogP contribution in [-0.2, 0) is 20.9 Å². The van der Waals surface area contributed by atoms with Crippen LogP contribution in [0.3, 0.4) is 0 Å². The molecule has 3 aliphatic rings. The highest BCUT2D eigenvalue weighted by atomic mass is 16.5. The second kappa shape index (κ2) is 7.84. The Labute approximate surface area is 174 Å². The summed E-state index contributed by atoms with van der Waals surface area (Å²) in [4.78, 5) is 34.5. The van der Waals surface area contributed by atoms with Gasteiger partial charge in [-0.05, 0) is 59.2 Å². The molecule has 7 heteroatoms. The number of allylic oxidation sites excluding steroid dienone is 1. The molecule has 2 aliphatic heterocycles. The van der Waals surface area contributed by atoms with E-state index in [-0.39, 0.29) is 18.4 Å². The first kappa shape index (κ1) is 18.7. The largest absolute Gasteiger partial charge is 0.367 e. The first-order chi connectivity index (χ1) is 14.7. The van der Waals surface area contributed by atoms with Crippen molar-refractivity contribution in [3.05, 3.63) is 65.6 Å². The first-order valence-electron chi connectivity index (χ1n) is 10.1. The van der Waals surface area contributed by atoms with Gasteiger partial charge in [0.1, 0.15) is 12.4 Å². The van der Waals surface area contributed by atoms with Crippen LogP contribution >= 0.6 is 0 Å². The zero-order valence-corrected chi connectivity index (χ0v) is 16.5. The molecule has 1 aliphatic carbocycles. The average molecular weight is 402 g/mol. The van der Waals surface area contributed by atoms with E-state index in [1.165, 1.54) is 11.1 Å². The van der Waals surface area contributed by atoms with Crippen molar-refractivity contribution in [3.63, 3.8) is 0 Å². The Hall–Kier alpha value is -3.32. The molecule has 0 radical (unpaired) electrons. The van der Waals surface area contributed by atoms with E-state index in [0.29, 0.717) is 24.3 Å². The molecule has 5 rings (SSSR count). The number of nitrogens with one attached hydrogen (secondary N) is 1. The predicted molar refractivity (Wildman–Crippen MR) is 112 cm³/mol. The molecule has 2 amide bonds. The Kier molecular flexibility index (Phi) is 4.88. The molecule has 2 unspecified atom stereocenters. The number of amides is 2. The number of nitrogens with zero attached hydrogens (tertiary/aromatic N) is 3. The molecule has 7 nitrogen and oxygen atoms in total. The van der Waals surface area contributed by atoms with Gasteiger partial charge in [0.15, 0.2) is 0 Å². The van der Waals surface area contributed by atoms with Gasteiger partial charge in [-0.3, -0.25) is 14.6 Å². The van der Waals surface area contributed by atoms with Crippen LogP contribution in [0.1, 0.15) is 23.1 Å². The van der Waals surface area contributed by atoms with E-state index in [9.17, 15) is 9.59 Å². The Balaban J connectivity index is 1.23. The highest BCUT2D eigenvalue weighted by Gasteiger charge is 2.37. The van der Waals surface area contributed by atoms with Crippen molar-refractivity contribution in [3.8, 4) is 0 Å². The molecule has 2 atom stereocenters. The van der Waals surface area contributed by atoms with Gasteiger partial charge in [0.05, 0.1) is 6.61 Å². The second-order valence-corrected chi connectivity index (χ2v) is 7.95. The van der Waals surface area contributed by atoms with Crippen LogP contribution in [0.4, 0.5) is 5.82 Å². The maximum atomic E-state index is 12.7. The maximum Gasteiger partial charge on any atom is 0.251 e. The third-order valence-electron chi connectivity index (χ3n) is 5.91. The topological polar surface area (TPSA) is 84.4 Å². The number of rotatable bonds is 3. The number of pyridine rings is 2. The number of fused-ring (bicyclic) bond motifs is 2. The van der Waals surface area contributed by atoms with Crippen LogP contribution in [0.5, 0.6) is 0 Å². The molecular formula is C23H22N4O3. The average Bonchev–Trinajstić information content (AvgIpc) is 3.28. The molecule has 0 aromatic carbocycles. The van der Waals surface area contributed by atoms with Crippen LogP contribution in [0.25, 0.3) is 11.6 Å². The second-order valence-electron chi connectivity index (χ2n) is 7.95. The molecule has 0 spiro atoms. The zero-order valence-electron chi connectivity index (χ0n) is 16.5. The van der Waals surface area contributed by atoms with Crippen LogP contribution in [0, 0.1) is 11.8 Å². The number of ether oxygens (including phenoxy) is 1. The SMILES string of the molecule is O=C1COCc2cc(C=CC(=O)N3CC4C=C(c5ccncc5)CC4C3)cnc2N1. The first-order valence-corrected chi connectivity index (χ1v) is 10.1. The van der Waals surface area contributed by atoms with Crippen molar-refractivity contribution in [2.24, 2.45) is 11.8 Å².